The second-order valence-corrected chi connectivity index (χ2v) is 4.14. The van der Waals surface area contributed by atoms with Crippen LogP contribution in [0.15, 0.2) is 47.3 Å². The highest BCUT2D eigenvalue weighted by Gasteiger charge is 2.13. The van der Waals surface area contributed by atoms with Crippen molar-refractivity contribution in [1.82, 2.24) is 0 Å². The number of rotatable bonds is 2. The predicted octanol–water partition coefficient (Wildman–Crippen LogP) is 2.97. The van der Waals surface area contributed by atoms with Crippen LogP contribution < -0.4 is 0 Å². The first-order valence-electron chi connectivity index (χ1n) is 4.23. The average Bonchev–Trinajstić information content (AvgIpc) is 2.70. The second-order valence-electron chi connectivity index (χ2n) is 2.98. The van der Waals surface area contributed by atoms with E-state index in [1.54, 1.807) is 18.6 Å². The summed E-state index contributed by atoms with van der Waals surface area (Å²) in [5.74, 6) is 0. The molecule has 0 aliphatic rings. The summed E-state index contributed by atoms with van der Waals surface area (Å²) in [6.45, 7) is 0. The van der Waals surface area contributed by atoms with Gasteiger partial charge in [0.15, 0.2) is 0 Å². The quantitative estimate of drug-likeness (QED) is 0.865. The zero-order chi connectivity index (χ0) is 9.97. The number of aliphatic hydroxyl groups excluding tert-OH is 1. The van der Waals surface area contributed by atoms with Gasteiger partial charge in [-0.25, -0.2) is 0 Å². The van der Waals surface area contributed by atoms with Gasteiger partial charge < -0.3 is 9.52 Å². The molecule has 3 heteroatoms. The lowest BCUT2D eigenvalue weighted by Crippen LogP contribution is -1.99. The fourth-order valence-corrected chi connectivity index (χ4v) is 1.99. The minimum absolute atomic E-state index is 0.596. The fraction of sp³-hybridized carbons (Fsp3) is 0.0909. The second kappa shape index (κ2) is 4.14. The third-order valence-corrected chi connectivity index (χ3v) is 3.04. The minimum atomic E-state index is -0.596. The van der Waals surface area contributed by atoms with Crippen LogP contribution in [0, 0.1) is 3.57 Å². The molecule has 0 aliphatic heterocycles. The van der Waals surface area contributed by atoms with Gasteiger partial charge in [0, 0.05) is 9.13 Å². The van der Waals surface area contributed by atoms with Crippen LogP contribution in [-0.2, 0) is 0 Å². The molecule has 2 aromatic rings. The Labute approximate surface area is 95.7 Å². The molecule has 2 rings (SSSR count). The van der Waals surface area contributed by atoms with E-state index in [0.717, 1.165) is 14.7 Å². The molecule has 1 heterocycles. The van der Waals surface area contributed by atoms with Crippen LogP contribution >= 0.6 is 22.6 Å². The Morgan fingerprint density at radius 2 is 2.00 bits per heavy atom. The van der Waals surface area contributed by atoms with E-state index < -0.39 is 6.10 Å². The Morgan fingerprint density at radius 1 is 1.21 bits per heavy atom. The third kappa shape index (κ3) is 1.83. The Kier molecular flexibility index (Phi) is 2.88. The van der Waals surface area contributed by atoms with Gasteiger partial charge in [-0.1, -0.05) is 18.2 Å². The molecular formula is C11H9IO2. The smallest absolute Gasteiger partial charge is 0.108 e. The van der Waals surface area contributed by atoms with Gasteiger partial charge in [0.25, 0.3) is 0 Å². The van der Waals surface area contributed by atoms with Gasteiger partial charge in [-0.15, -0.1) is 0 Å². The maximum absolute atomic E-state index is 10.00. The molecule has 1 aromatic heterocycles. The molecule has 0 amide bonds. The van der Waals surface area contributed by atoms with Gasteiger partial charge in [0.2, 0.25) is 0 Å². The van der Waals surface area contributed by atoms with Gasteiger partial charge in [0.05, 0.1) is 12.5 Å². The number of benzene rings is 1. The Balaban J connectivity index is 2.37. The topological polar surface area (TPSA) is 33.4 Å². The van der Waals surface area contributed by atoms with Crippen LogP contribution in [0.4, 0.5) is 0 Å². The molecule has 0 aliphatic carbocycles. The largest absolute Gasteiger partial charge is 0.472 e. The molecule has 1 atom stereocenters. The first-order chi connectivity index (χ1) is 6.79. The van der Waals surface area contributed by atoms with Crippen LogP contribution in [-0.4, -0.2) is 5.11 Å². The fourth-order valence-electron chi connectivity index (χ4n) is 1.31. The van der Waals surface area contributed by atoms with Crippen molar-refractivity contribution in [1.29, 1.82) is 0 Å². The van der Waals surface area contributed by atoms with Crippen molar-refractivity contribution in [3.63, 3.8) is 0 Å². The Hall–Kier alpha value is -0.810. The lowest BCUT2D eigenvalue weighted by Gasteiger charge is -2.10. The third-order valence-electron chi connectivity index (χ3n) is 2.06. The van der Waals surface area contributed by atoms with E-state index in [1.165, 1.54) is 0 Å². The first kappa shape index (κ1) is 9.73. The summed E-state index contributed by atoms with van der Waals surface area (Å²) in [5, 5.41) is 10.00. The van der Waals surface area contributed by atoms with E-state index in [9.17, 15) is 5.11 Å². The highest BCUT2D eigenvalue weighted by molar-refractivity contribution is 14.1. The van der Waals surface area contributed by atoms with Gasteiger partial charge >= 0.3 is 0 Å². The number of halogens is 1. The van der Waals surface area contributed by atoms with Crippen molar-refractivity contribution in [2.24, 2.45) is 0 Å². The molecule has 2 nitrogen and oxygen atoms in total. The van der Waals surface area contributed by atoms with Crippen molar-refractivity contribution in [2.75, 3.05) is 0 Å². The Bertz CT molecular complexity index is 409. The highest BCUT2D eigenvalue weighted by atomic mass is 127. The molecule has 14 heavy (non-hydrogen) atoms. The molecule has 1 aromatic carbocycles. The zero-order valence-corrected chi connectivity index (χ0v) is 9.51. The van der Waals surface area contributed by atoms with Crippen molar-refractivity contribution >= 4 is 22.6 Å². The van der Waals surface area contributed by atoms with Gasteiger partial charge in [-0.3, -0.25) is 0 Å². The van der Waals surface area contributed by atoms with Crippen LogP contribution in [0.5, 0.6) is 0 Å². The Morgan fingerprint density at radius 3 is 2.64 bits per heavy atom. The zero-order valence-electron chi connectivity index (χ0n) is 7.35. The molecule has 1 N–H and O–H groups in total. The summed E-state index contributed by atoms with van der Waals surface area (Å²) >= 11 is 2.21. The van der Waals surface area contributed by atoms with E-state index in [2.05, 4.69) is 22.6 Å². The lowest BCUT2D eigenvalue weighted by atomic mass is 10.0. The molecule has 0 fully saturated rings. The van der Waals surface area contributed by atoms with E-state index in [0.29, 0.717) is 0 Å². The van der Waals surface area contributed by atoms with Crippen LogP contribution in [0.1, 0.15) is 17.2 Å². The van der Waals surface area contributed by atoms with Gasteiger partial charge in [-0.2, -0.15) is 0 Å². The van der Waals surface area contributed by atoms with Gasteiger partial charge in [0.1, 0.15) is 6.10 Å². The van der Waals surface area contributed by atoms with Crippen molar-refractivity contribution in [3.8, 4) is 0 Å². The summed E-state index contributed by atoms with van der Waals surface area (Å²) in [6, 6.07) is 9.53. The first-order valence-corrected chi connectivity index (χ1v) is 5.31. The van der Waals surface area contributed by atoms with Crippen LogP contribution in [0.2, 0.25) is 0 Å². The van der Waals surface area contributed by atoms with E-state index in [1.807, 2.05) is 24.3 Å². The van der Waals surface area contributed by atoms with Crippen LogP contribution in [0.25, 0.3) is 0 Å². The molecule has 0 radical (unpaired) electrons. The average molecular weight is 300 g/mol. The van der Waals surface area contributed by atoms with Crippen LogP contribution in [0.3, 0.4) is 0 Å². The number of hydrogen-bond acceptors (Lipinski definition) is 2. The molecule has 1 unspecified atom stereocenters. The molecular weight excluding hydrogens is 291 g/mol. The highest BCUT2D eigenvalue weighted by Crippen LogP contribution is 2.25. The van der Waals surface area contributed by atoms with Crippen molar-refractivity contribution < 1.29 is 9.52 Å². The van der Waals surface area contributed by atoms with E-state index >= 15 is 0 Å². The molecule has 0 saturated heterocycles. The summed E-state index contributed by atoms with van der Waals surface area (Å²) in [4.78, 5) is 0. The number of hydrogen-bond donors (Lipinski definition) is 1. The SMILES string of the molecule is OC(c1ccoc1)c1ccccc1I. The van der Waals surface area contributed by atoms with E-state index in [-0.39, 0.29) is 0 Å². The van der Waals surface area contributed by atoms with Crippen molar-refractivity contribution in [3.05, 3.63) is 57.6 Å². The predicted molar refractivity (Wildman–Crippen MR) is 61.9 cm³/mol. The summed E-state index contributed by atoms with van der Waals surface area (Å²) in [5.41, 5.74) is 1.70. The van der Waals surface area contributed by atoms with E-state index in [4.69, 9.17) is 4.42 Å². The number of aliphatic hydroxyl groups is 1. The lowest BCUT2D eigenvalue weighted by molar-refractivity contribution is 0.218. The molecule has 0 bridgehead atoms. The molecule has 72 valence electrons. The number of furan rings is 1. The monoisotopic (exact) mass is 300 g/mol. The maximum atomic E-state index is 10.00. The molecule has 0 saturated carbocycles. The summed E-state index contributed by atoms with van der Waals surface area (Å²) in [7, 11) is 0. The van der Waals surface area contributed by atoms with Crippen molar-refractivity contribution in [2.45, 2.75) is 6.10 Å². The normalized spacial score (nSPS) is 12.7. The maximum Gasteiger partial charge on any atom is 0.108 e. The summed E-state index contributed by atoms with van der Waals surface area (Å²) in [6.07, 6.45) is 2.53. The standard InChI is InChI=1S/C11H9IO2/c12-10-4-2-1-3-9(10)11(13)8-5-6-14-7-8/h1-7,11,13H. The summed E-state index contributed by atoms with van der Waals surface area (Å²) < 4.78 is 5.99. The minimum Gasteiger partial charge on any atom is -0.472 e. The van der Waals surface area contributed by atoms with Gasteiger partial charge in [-0.05, 0) is 40.3 Å². The molecule has 0 spiro atoms.